The number of hydrogen-bond acceptors (Lipinski definition) is 5. The summed E-state index contributed by atoms with van der Waals surface area (Å²) in [4.78, 5) is 11.9. The molecule has 0 saturated heterocycles. The Kier molecular flexibility index (Phi) is 4.06. The van der Waals surface area contributed by atoms with Gasteiger partial charge in [0.2, 0.25) is 10.1 Å². The van der Waals surface area contributed by atoms with Gasteiger partial charge < -0.3 is 10.6 Å². The van der Waals surface area contributed by atoms with Gasteiger partial charge in [0.05, 0.1) is 0 Å². The van der Waals surface area contributed by atoms with Crippen molar-refractivity contribution in [3.63, 3.8) is 0 Å². The van der Waals surface area contributed by atoms with Crippen LogP contribution in [0.1, 0.15) is 22.3 Å². The molecule has 2 aromatic rings. The topological polar surface area (TPSA) is 66.9 Å². The summed E-state index contributed by atoms with van der Waals surface area (Å²) < 4.78 is 13.3. The molecule has 0 unspecified atom stereocenters. The van der Waals surface area contributed by atoms with Crippen LogP contribution in [0.15, 0.2) is 18.2 Å². The maximum Gasteiger partial charge on any atom is 0.286 e. The first-order valence-electron chi connectivity index (χ1n) is 5.75. The SMILES string of the molecule is CCNc1nnc(C(=O)Nc2ccc(C)c(F)c2)s1. The number of amides is 1. The Labute approximate surface area is 113 Å². The van der Waals surface area contributed by atoms with Crippen molar-refractivity contribution in [2.45, 2.75) is 13.8 Å². The van der Waals surface area contributed by atoms with Crippen LogP contribution >= 0.6 is 11.3 Å². The second-order valence-corrected chi connectivity index (χ2v) is 4.84. The highest BCUT2D eigenvalue weighted by Gasteiger charge is 2.13. The lowest BCUT2D eigenvalue weighted by Gasteiger charge is -2.03. The van der Waals surface area contributed by atoms with Gasteiger partial charge in [0.1, 0.15) is 5.82 Å². The van der Waals surface area contributed by atoms with Gasteiger partial charge in [-0.3, -0.25) is 4.79 Å². The highest BCUT2D eigenvalue weighted by atomic mass is 32.1. The minimum absolute atomic E-state index is 0.233. The van der Waals surface area contributed by atoms with Gasteiger partial charge in [-0.2, -0.15) is 0 Å². The number of carbonyl (C=O) groups excluding carboxylic acids is 1. The van der Waals surface area contributed by atoms with Gasteiger partial charge in [0, 0.05) is 12.2 Å². The van der Waals surface area contributed by atoms with E-state index in [9.17, 15) is 9.18 Å². The quantitative estimate of drug-likeness (QED) is 0.903. The maximum atomic E-state index is 13.3. The molecule has 2 N–H and O–H groups in total. The molecule has 0 saturated carbocycles. The normalized spacial score (nSPS) is 10.3. The molecule has 1 amide bonds. The Morgan fingerprint density at radius 3 is 2.89 bits per heavy atom. The molecule has 2 rings (SSSR count). The third kappa shape index (κ3) is 3.25. The molecule has 0 fully saturated rings. The molecular formula is C12H13FN4OS. The standard InChI is InChI=1S/C12H13FN4OS/c1-3-14-12-17-16-11(19-12)10(18)15-8-5-4-7(2)9(13)6-8/h4-6H,3H2,1-2H3,(H,14,17)(H,15,18). The summed E-state index contributed by atoms with van der Waals surface area (Å²) in [6.07, 6.45) is 0. The van der Waals surface area contributed by atoms with Crippen LogP contribution in [0.5, 0.6) is 0 Å². The molecule has 0 bridgehead atoms. The lowest BCUT2D eigenvalue weighted by Crippen LogP contribution is -2.11. The van der Waals surface area contributed by atoms with E-state index in [2.05, 4.69) is 20.8 Å². The van der Waals surface area contributed by atoms with Crippen molar-refractivity contribution >= 4 is 28.1 Å². The second-order valence-electron chi connectivity index (χ2n) is 3.86. The average Bonchev–Trinajstić information content (AvgIpc) is 2.83. The number of aromatic nitrogens is 2. The van der Waals surface area contributed by atoms with E-state index in [1.54, 1.807) is 19.1 Å². The second kappa shape index (κ2) is 5.75. The first kappa shape index (κ1) is 13.4. The fourth-order valence-corrected chi connectivity index (χ4v) is 2.10. The van der Waals surface area contributed by atoms with Crippen LogP contribution in [0.4, 0.5) is 15.2 Å². The van der Waals surface area contributed by atoms with E-state index in [1.165, 1.54) is 6.07 Å². The van der Waals surface area contributed by atoms with Gasteiger partial charge in [0.15, 0.2) is 0 Å². The zero-order valence-electron chi connectivity index (χ0n) is 10.5. The monoisotopic (exact) mass is 280 g/mol. The summed E-state index contributed by atoms with van der Waals surface area (Å²) in [5, 5.41) is 14.0. The Bertz CT molecular complexity index is 599. The molecule has 0 spiro atoms. The van der Waals surface area contributed by atoms with Gasteiger partial charge in [-0.25, -0.2) is 4.39 Å². The molecule has 0 aliphatic carbocycles. The predicted molar refractivity (Wildman–Crippen MR) is 73.2 cm³/mol. The Morgan fingerprint density at radius 2 is 2.21 bits per heavy atom. The smallest absolute Gasteiger partial charge is 0.286 e. The summed E-state index contributed by atoms with van der Waals surface area (Å²) in [5.41, 5.74) is 0.927. The van der Waals surface area contributed by atoms with Crippen LogP contribution in [0.25, 0.3) is 0 Å². The van der Waals surface area contributed by atoms with Crippen molar-refractivity contribution < 1.29 is 9.18 Å². The van der Waals surface area contributed by atoms with E-state index >= 15 is 0 Å². The number of nitrogens with zero attached hydrogens (tertiary/aromatic N) is 2. The van der Waals surface area contributed by atoms with Crippen molar-refractivity contribution in [2.75, 3.05) is 17.2 Å². The van der Waals surface area contributed by atoms with Crippen LogP contribution < -0.4 is 10.6 Å². The average molecular weight is 280 g/mol. The lowest BCUT2D eigenvalue weighted by atomic mass is 10.2. The zero-order valence-corrected chi connectivity index (χ0v) is 11.3. The number of nitrogens with one attached hydrogen (secondary N) is 2. The van der Waals surface area contributed by atoms with Gasteiger partial charge >= 0.3 is 0 Å². The number of aryl methyl sites for hydroxylation is 1. The van der Waals surface area contributed by atoms with Gasteiger partial charge in [-0.15, -0.1) is 10.2 Å². The van der Waals surface area contributed by atoms with Crippen molar-refractivity contribution in [1.29, 1.82) is 0 Å². The summed E-state index contributed by atoms with van der Waals surface area (Å²) in [6.45, 7) is 4.30. The molecule has 0 atom stereocenters. The minimum atomic E-state index is -0.398. The number of carbonyl (C=O) groups is 1. The number of anilines is 2. The van der Waals surface area contributed by atoms with E-state index in [4.69, 9.17) is 0 Å². The van der Waals surface area contributed by atoms with Crippen LogP contribution in [0.3, 0.4) is 0 Å². The Balaban J connectivity index is 2.09. The first-order valence-corrected chi connectivity index (χ1v) is 6.56. The van der Waals surface area contributed by atoms with Crippen molar-refractivity contribution in [1.82, 2.24) is 10.2 Å². The fraction of sp³-hybridized carbons (Fsp3) is 0.250. The van der Waals surface area contributed by atoms with E-state index in [0.717, 1.165) is 11.3 Å². The highest BCUT2D eigenvalue weighted by molar-refractivity contribution is 7.17. The van der Waals surface area contributed by atoms with Crippen molar-refractivity contribution in [3.8, 4) is 0 Å². The van der Waals surface area contributed by atoms with Crippen LogP contribution in [-0.4, -0.2) is 22.6 Å². The van der Waals surface area contributed by atoms with Crippen LogP contribution in [0.2, 0.25) is 0 Å². The van der Waals surface area contributed by atoms with Crippen molar-refractivity contribution in [2.24, 2.45) is 0 Å². The lowest BCUT2D eigenvalue weighted by molar-refractivity contribution is 0.102. The molecule has 7 heteroatoms. The zero-order chi connectivity index (χ0) is 13.8. The van der Waals surface area contributed by atoms with E-state index in [-0.39, 0.29) is 10.8 Å². The summed E-state index contributed by atoms with van der Waals surface area (Å²) in [6, 6.07) is 4.52. The van der Waals surface area contributed by atoms with Gasteiger partial charge in [-0.1, -0.05) is 17.4 Å². The van der Waals surface area contributed by atoms with E-state index in [0.29, 0.717) is 22.9 Å². The number of rotatable bonds is 4. The molecule has 19 heavy (non-hydrogen) atoms. The molecule has 0 aliphatic heterocycles. The highest BCUT2D eigenvalue weighted by Crippen LogP contribution is 2.18. The van der Waals surface area contributed by atoms with Crippen LogP contribution in [0, 0.1) is 12.7 Å². The summed E-state index contributed by atoms with van der Waals surface area (Å²) in [5.74, 6) is -0.756. The van der Waals surface area contributed by atoms with Crippen molar-refractivity contribution in [3.05, 3.63) is 34.6 Å². The largest absolute Gasteiger partial charge is 0.360 e. The van der Waals surface area contributed by atoms with E-state index in [1.807, 2.05) is 6.92 Å². The van der Waals surface area contributed by atoms with Gasteiger partial charge in [-0.05, 0) is 31.5 Å². The van der Waals surface area contributed by atoms with Gasteiger partial charge in [0.25, 0.3) is 5.91 Å². The first-order chi connectivity index (χ1) is 9.10. The Hall–Kier alpha value is -2.02. The third-order valence-corrected chi connectivity index (χ3v) is 3.26. The summed E-state index contributed by atoms with van der Waals surface area (Å²) in [7, 11) is 0. The molecule has 100 valence electrons. The Morgan fingerprint density at radius 1 is 1.42 bits per heavy atom. The molecule has 0 radical (unpaired) electrons. The molecule has 5 nitrogen and oxygen atoms in total. The molecular weight excluding hydrogens is 267 g/mol. The predicted octanol–water partition coefficient (Wildman–Crippen LogP) is 2.67. The molecule has 1 aromatic heterocycles. The van der Waals surface area contributed by atoms with E-state index < -0.39 is 5.91 Å². The van der Waals surface area contributed by atoms with Crippen LogP contribution in [-0.2, 0) is 0 Å². The summed E-state index contributed by atoms with van der Waals surface area (Å²) >= 11 is 1.15. The number of benzene rings is 1. The fourth-order valence-electron chi connectivity index (χ4n) is 1.39. The molecule has 0 aliphatic rings. The third-order valence-electron chi connectivity index (χ3n) is 2.38. The molecule has 1 heterocycles. The maximum absolute atomic E-state index is 13.3. The number of halogens is 1. The minimum Gasteiger partial charge on any atom is -0.360 e. The number of hydrogen-bond donors (Lipinski definition) is 2. The molecule has 1 aromatic carbocycles.